The van der Waals surface area contributed by atoms with Crippen LogP contribution in [0.25, 0.3) is 5.70 Å². The quantitative estimate of drug-likeness (QED) is 0.349. The van der Waals surface area contributed by atoms with E-state index in [1.54, 1.807) is 42.5 Å². The molecule has 176 valence electrons. The Morgan fingerprint density at radius 3 is 2.53 bits per heavy atom. The predicted molar refractivity (Wildman–Crippen MR) is 128 cm³/mol. The van der Waals surface area contributed by atoms with E-state index in [0.717, 1.165) is 12.5 Å². The fourth-order valence-electron chi connectivity index (χ4n) is 3.88. The van der Waals surface area contributed by atoms with Crippen LogP contribution >= 0.6 is 0 Å². The largest absolute Gasteiger partial charge is 0.416 e. The van der Waals surface area contributed by atoms with Crippen molar-refractivity contribution in [1.29, 1.82) is 0 Å². The monoisotopic (exact) mass is 468 g/mol. The van der Waals surface area contributed by atoms with E-state index in [4.69, 9.17) is 0 Å². The second-order valence-corrected chi connectivity index (χ2v) is 7.85. The molecule has 1 heterocycles. The summed E-state index contributed by atoms with van der Waals surface area (Å²) < 4.78 is 55.8. The predicted octanol–water partition coefficient (Wildman–Crippen LogP) is 6.80. The minimum Gasteiger partial charge on any atom is -0.384 e. The van der Waals surface area contributed by atoms with Crippen molar-refractivity contribution in [3.63, 3.8) is 0 Å². The molecule has 1 aliphatic rings. The Kier molecular flexibility index (Phi) is 6.58. The van der Waals surface area contributed by atoms with E-state index >= 15 is 0 Å². The maximum Gasteiger partial charge on any atom is 0.416 e. The molecule has 0 aliphatic carbocycles. The van der Waals surface area contributed by atoms with E-state index in [-0.39, 0.29) is 16.8 Å². The highest BCUT2D eigenvalue weighted by Crippen LogP contribution is 2.38. The molecule has 0 radical (unpaired) electrons. The van der Waals surface area contributed by atoms with Gasteiger partial charge in [0.05, 0.1) is 11.1 Å². The fraction of sp³-hybridized carbons (Fsp3) is 0.192. The molecule has 34 heavy (non-hydrogen) atoms. The van der Waals surface area contributed by atoms with Crippen molar-refractivity contribution in [1.82, 2.24) is 5.32 Å². The second kappa shape index (κ2) is 9.59. The zero-order chi connectivity index (χ0) is 24.3. The number of para-hydroxylation sites is 1. The van der Waals surface area contributed by atoms with Crippen molar-refractivity contribution in [2.75, 3.05) is 17.2 Å². The molecule has 3 N–H and O–H groups in total. The Morgan fingerprint density at radius 2 is 1.76 bits per heavy atom. The number of nitrogens with one attached hydrogen (secondary N) is 3. The highest BCUT2D eigenvalue weighted by atomic mass is 19.4. The minimum atomic E-state index is -4.53. The van der Waals surface area contributed by atoms with Gasteiger partial charge in [0, 0.05) is 34.7 Å². The SMILES string of the molecule is C=C(NC1=NC(c2ccccc2C(F)(F)F)Nc2ccccc21)c1c(F)cccc1NCCC. The molecule has 3 aromatic rings. The minimum absolute atomic E-state index is 0.00870. The summed E-state index contributed by atoms with van der Waals surface area (Å²) in [6.07, 6.45) is -4.68. The summed E-state index contributed by atoms with van der Waals surface area (Å²) in [4.78, 5) is 4.55. The van der Waals surface area contributed by atoms with Crippen molar-refractivity contribution in [2.24, 2.45) is 4.99 Å². The average molecular weight is 468 g/mol. The average Bonchev–Trinajstić information content (AvgIpc) is 2.82. The summed E-state index contributed by atoms with van der Waals surface area (Å²) in [5.41, 5.74) is 1.54. The van der Waals surface area contributed by atoms with E-state index in [1.807, 2.05) is 6.92 Å². The van der Waals surface area contributed by atoms with E-state index < -0.39 is 23.7 Å². The number of alkyl halides is 3. The van der Waals surface area contributed by atoms with Crippen LogP contribution in [0.1, 0.15) is 41.8 Å². The molecule has 3 aromatic carbocycles. The molecular formula is C26H24F4N4. The van der Waals surface area contributed by atoms with Gasteiger partial charge in [-0.1, -0.05) is 49.9 Å². The lowest BCUT2D eigenvalue weighted by Gasteiger charge is -2.28. The molecular weight excluding hydrogens is 444 g/mol. The van der Waals surface area contributed by atoms with Crippen LogP contribution in [0.15, 0.2) is 78.3 Å². The van der Waals surface area contributed by atoms with Crippen molar-refractivity contribution in [2.45, 2.75) is 25.7 Å². The third kappa shape index (κ3) is 4.76. The van der Waals surface area contributed by atoms with E-state index in [0.29, 0.717) is 29.3 Å². The van der Waals surface area contributed by atoms with E-state index in [2.05, 4.69) is 27.5 Å². The van der Waals surface area contributed by atoms with Gasteiger partial charge in [0.2, 0.25) is 0 Å². The number of fused-ring (bicyclic) bond motifs is 1. The third-order valence-electron chi connectivity index (χ3n) is 5.44. The molecule has 0 saturated heterocycles. The first-order valence-electron chi connectivity index (χ1n) is 10.9. The van der Waals surface area contributed by atoms with Gasteiger partial charge < -0.3 is 16.0 Å². The van der Waals surface area contributed by atoms with Gasteiger partial charge in [-0.3, -0.25) is 0 Å². The molecule has 0 spiro atoms. The van der Waals surface area contributed by atoms with Crippen molar-refractivity contribution >= 4 is 22.9 Å². The summed E-state index contributed by atoms with van der Waals surface area (Å²) in [6, 6.07) is 17.1. The highest BCUT2D eigenvalue weighted by Gasteiger charge is 2.36. The second-order valence-electron chi connectivity index (χ2n) is 7.85. The number of amidine groups is 1. The number of nitrogens with zero attached hydrogens (tertiary/aromatic N) is 1. The number of hydrogen-bond donors (Lipinski definition) is 3. The summed E-state index contributed by atoms with van der Waals surface area (Å²) >= 11 is 0. The van der Waals surface area contributed by atoms with Crippen molar-refractivity contribution < 1.29 is 17.6 Å². The zero-order valence-electron chi connectivity index (χ0n) is 18.5. The summed E-state index contributed by atoms with van der Waals surface area (Å²) in [6.45, 7) is 6.65. The first-order chi connectivity index (χ1) is 16.3. The van der Waals surface area contributed by atoms with Gasteiger partial charge in [-0.25, -0.2) is 9.38 Å². The van der Waals surface area contributed by atoms with Gasteiger partial charge >= 0.3 is 6.18 Å². The van der Waals surface area contributed by atoms with Gasteiger partial charge in [-0.2, -0.15) is 13.2 Å². The number of aliphatic imine (C=N–C) groups is 1. The highest BCUT2D eigenvalue weighted by molar-refractivity contribution is 6.08. The number of benzene rings is 3. The number of anilines is 2. The van der Waals surface area contributed by atoms with Crippen LogP contribution in [0.5, 0.6) is 0 Å². The molecule has 1 atom stereocenters. The number of hydrogen-bond acceptors (Lipinski definition) is 4. The van der Waals surface area contributed by atoms with Gasteiger partial charge in [-0.05, 0) is 36.8 Å². The molecule has 0 saturated carbocycles. The lowest BCUT2D eigenvalue weighted by atomic mass is 10.0. The smallest absolute Gasteiger partial charge is 0.384 e. The maximum atomic E-state index is 14.8. The normalized spacial score (nSPS) is 15.1. The molecule has 4 nitrogen and oxygen atoms in total. The Balaban J connectivity index is 1.74. The van der Waals surface area contributed by atoms with Crippen molar-refractivity contribution in [3.8, 4) is 0 Å². The maximum absolute atomic E-state index is 14.8. The van der Waals surface area contributed by atoms with Crippen LogP contribution in [-0.4, -0.2) is 12.4 Å². The van der Waals surface area contributed by atoms with Gasteiger partial charge in [0.15, 0.2) is 0 Å². The number of rotatable bonds is 6. The van der Waals surface area contributed by atoms with Crippen molar-refractivity contribution in [3.05, 3.63) is 101 Å². The van der Waals surface area contributed by atoms with Crippen LogP contribution in [0.2, 0.25) is 0 Å². The first-order valence-corrected chi connectivity index (χ1v) is 10.9. The molecule has 0 amide bonds. The van der Waals surface area contributed by atoms with E-state index in [1.165, 1.54) is 18.2 Å². The van der Waals surface area contributed by atoms with Gasteiger partial charge in [-0.15, -0.1) is 0 Å². The van der Waals surface area contributed by atoms with E-state index in [9.17, 15) is 17.6 Å². The molecule has 0 aromatic heterocycles. The Labute approximate surface area is 195 Å². The van der Waals surface area contributed by atoms with Crippen LogP contribution in [0, 0.1) is 5.82 Å². The molecule has 0 bridgehead atoms. The standard InChI is InChI=1S/C26H24F4N4/c1-3-15-31-22-14-8-12-20(27)23(22)16(2)32-25-18-10-5-7-13-21(18)33-24(34-25)17-9-4-6-11-19(17)26(28,29)30/h4-14,24,31,33H,2-3,15H2,1H3,(H,32,34). The summed E-state index contributed by atoms with van der Waals surface area (Å²) in [5, 5.41) is 9.32. The summed E-state index contributed by atoms with van der Waals surface area (Å²) in [5.74, 6) is -0.175. The molecule has 8 heteroatoms. The Morgan fingerprint density at radius 1 is 1.03 bits per heavy atom. The van der Waals surface area contributed by atoms with Crippen LogP contribution in [-0.2, 0) is 6.18 Å². The number of halogens is 4. The van der Waals surface area contributed by atoms with Crippen LogP contribution in [0.4, 0.5) is 28.9 Å². The zero-order valence-corrected chi connectivity index (χ0v) is 18.5. The Hall–Kier alpha value is -3.81. The molecule has 4 rings (SSSR count). The lowest BCUT2D eigenvalue weighted by Crippen LogP contribution is -2.30. The molecule has 1 unspecified atom stereocenters. The van der Waals surface area contributed by atoms with Crippen LogP contribution < -0.4 is 16.0 Å². The van der Waals surface area contributed by atoms with Gasteiger partial charge in [0.25, 0.3) is 0 Å². The third-order valence-corrected chi connectivity index (χ3v) is 5.44. The molecule has 1 aliphatic heterocycles. The fourth-order valence-corrected chi connectivity index (χ4v) is 3.88. The summed E-state index contributed by atoms with van der Waals surface area (Å²) in [7, 11) is 0. The topological polar surface area (TPSA) is 48.5 Å². The molecule has 0 fully saturated rings. The Bertz CT molecular complexity index is 1230. The first kappa shape index (κ1) is 23.4. The van der Waals surface area contributed by atoms with Crippen LogP contribution in [0.3, 0.4) is 0 Å². The van der Waals surface area contributed by atoms with Gasteiger partial charge in [0.1, 0.15) is 17.8 Å². The lowest BCUT2D eigenvalue weighted by molar-refractivity contribution is -0.138.